The first-order valence-electron chi connectivity index (χ1n) is 7.69. The summed E-state index contributed by atoms with van der Waals surface area (Å²) in [6, 6.07) is 12.4. The smallest absolute Gasteiger partial charge is 0.251 e. The summed E-state index contributed by atoms with van der Waals surface area (Å²) in [4.78, 5) is 23.0. The van der Waals surface area contributed by atoms with Gasteiger partial charge in [0.1, 0.15) is 4.90 Å². The summed E-state index contributed by atoms with van der Waals surface area (Å²) < 4.78 is 26.7. The van der Waals surface area contributed by atoms with Crippen molar-refractivity contribution in [2.45, 2.75) is 11.8 Å². The fourth-order valence-corrected chi connectivity index (χ4v) is 3.66. The highest BCUT2D eigenvalue weighted by Gasteiger charge is 2.16. The molecule has 0 aromatic heterocycles. The molecular formula is C17H18ClN3O4S. The second kappa shape index (κ2) is 8.79. The number of anilines is 1. The molecule has 0 saturated heterocycles. The Balaban J connectivity index is 1.85. The highest BCUT2D eigenvalue weighted by molar-refractivity contribution is 7.89. The van der Waals surface area contributed by atoms with E-state index in [0.717, 1.165) is 0 Å². The van der Waals surface area contributed by atoms with Crippen LogP contribution in [0, 0.1) is 0 Å². The van der Waals surface area contributed by atoms with Crippen molar-refractivity contribution in [1.29, 1.82) is 0 Å². The Morgan fingerprint density at radius 1 is 1.00 bits per heavy atom. The van der Waals surface area contributed by atoms with E-state index >= 15 is 0 Å². The van der Waals surface area contributed by atoms with Crippen molar-refractivity contribution in [3.05, 3.63) is 59.1 Å². The lowest BCUT2D eigenvalue weighted by Crippen LogP contribution is -2.34. The number of benzene rings is 2. The Hall–Kier alpha value is -2.42. The van der Waals surface area contributed by atoms with Gasteiger partial charge in [0.05, 0.1) is 5.02 Å². The predicted molar refractivity (Wildman–Crippen MR) is 99.7 cm³/mol. The number of carbonyl (C=O) groups is 2. The highest BCUT2D eigenvalue weighted by atomic mass is 35.5. The molecule has 0 radical (unpaired) electrons. The second-order valence-corrected chi connectivity index (χ2v) is 7.49. The van der Waals surface area contributed by atoms with Crippen LogP contribution in [0.15, 0.2) is 53.4 Å². The minimum atomic E-state index is -3.74. The number of hydrogen-bond donors (Lipinski definition) is 3. The van der Waals surface area contributed by atoms with E-state index in [1.165, 1.54) is 19.1 Å². The molecule has 0 fully saturated rings. The number of carbonyl (C=O) groups excluding carboxylic acids is 2. The third-order valence-corrected chi connectivity index (χ3v) is 5.26. The zero-order valence-electron chi connectivity index (χ0n) is 14.0. The summed E-state index contributed by atoms with van der Waals surface area (Å²) in [5, 5.41) is 5.34. The first-order chi connectivity index (χ1) is 12.3. The van der Waals surface area contributed by atoms with Crippen LogP contribution in [0.25, 0.3) is 0 Å². The number of amides is 2. The van der Waals surface area contributed by atoms with Gasteiger partial charge in [0.2, 0.25) is 15.9 Å². The largest absolute Gasteiger partial charge is 0.351 e. The van der Waals surface area contributed by atoms with Crippen LogP contribution in [0.1, 0.15) is 17.3 Å². The monoisotopic (exact) mass is 395 g/mol. The molecule has 0 saturated carbocycles. The standard InChI is InChI=1S/C17H18ClN3O4S/c1-12(22)21-14-8-6-13(7-9-14)17(23)19-10-11-20-26(24,25)16-5-3-2-4-15(16)18/h2-9,20H,10-11H2,1H3,(H,19,23)(H,21,22). The van der Waals surface area contributed by atoms with E-state index in [2.05, 4.69) is 15.4 Å². The highest BCUT2D eigenvalue weighted by Crippen LogP contribution is 2.19. The molecule has 7 nitrogen and oxygen atoms in total. The Bertz CT molecular complexity index is 898. The van der Waals surface area contributed by atoms with E-state index in [1.54, 1.807) is 36.4 Å². The van der Waals surface area contributed by atoms with E-state index < -0.39 is 10.0 Å². The first kappa shape index (κ1) is 19.9. The lowest BCUT2D eigenvalue weighted by atomic mass is 10.2. The maximum atomic E-state index is 12.2. The van der Waals surface area contributed by atoms with Gasteiger partial charge >= 0.3 is 0 Å². The minimum absolute atomic E-state index is 0.0125. The average Bonchev–Trinajstić information content (AvgIpc) is 2.59. The summed E-state index contributed by atoms with van der Waals surface area (Å²) in [6.07, 6.45) is 0. The molecular weight excluding hydrogens is 378 g/mol. The number of halogens is 1. The van der Waals surface area contributed by atoms with Crippen molar-refractivity contribution in [3.8, 4) is 0 Å². The molecule has 3 N–H and O–H groups in total. The summed E-state index contributed by atoms with van der Waals surface area (Å²) in [6.45, 7) is 1.52. The minimum Gasteiger partial charge on any atom is -0.351 e. The quantitative estimate of drug-likeness (QED) is 0.623. The normalized spacial score (nSPS) is 11.0. The Morgan fingerprint density at radius 3 is 2.27 bits per heavy atom. The lowest BCUT2D eigenvalue weighted by molar-refractivity contribution is -0.114. The van der Waals surface area contributed by atoms with Crippen LogP contribution in [-0.4, -0.2) is 33.3 Å². The van der Waals surface area contributed by atoms with Crippen LogP contribution in [-0.2, 0) is 14.8 Å². The maximum absolute atomic E-state index is 12.2. The van der Waals surface area contributed by atoms with Gasteiger partial charge in [-0.05, 0) is 36.4 Å². The predicted octanol–water partition coefficient (Wildman–Crippen LogP) is 2.01. The van der Waals surface area contributed by atoms with Crippen molar-refractivity contribution in [2.24, 2.45) is 0 Å². The molecule has 2 rings (SSSR count). The molecule has 26 heavy (non-hydrogen) atoms. The van der Waals surface area contributed by atoms with Crippen LogP contribution in [0.2, 0.25) is 5.02 Å². The van der Waals surface area contributed by atoms with E-state index in [-0.39, 0.29) is 34.8 Å². The van der Waals surface area contributed by atoms with Gasteiger partial charge < -0.3 is 10.6 Å². The zero-order chi connectivity index (χ0) is 19.2. The fraction of sp³-hybridized carbons (Fsp3) is 0.176. The van der Waals surface area contributed by atoms with Gasteiger partial charge in [-0.15, -0.1) is 0 Å². The average molecular weight is 396 g/mol. The molecule has 0 spiro atoms. The molecule has 0 aliphatic rings. The van der Waals surface area contributed by atoms with Crippen LogP contribution in [0.5, 0.6) is 0 Å². The van der Waals surface area contributed by atoms with Gasteiger partial charge in [-0.1, -0.05) is 23.7 Å². The van der Waals surface area contributed by atoms with Crippen LogP contribution in [0.3, 0.4) is 0 Å². The molecule has 0 bridgehead atoms. The van der Waals surface area contributed by atoms with E-state index in [9.17, 15) is 18.0 Å². The van der Waals surface area contributed by atoms with Gasteiger partial charge in [-0.3, -0.25) is 9.59 Å². The zero-order valence-corrected chi connectivity index (χ0v) is 15.5. The van der Waals surface area contributed by atoms with Crippen molar-refractivity contribution in [3.63, 3.8) is 0 Å². The number of sulfonamides is 1. The molecule has 2 amide bonds. The van der Waals surface area contributed by atoms with E-state index in [0.29, 0.717) is 11.3 Å². The molecule has 9 heteroatoms. The molecule has 2 aromatic carbocycles. The number of nitrogens with one attached hydrogen (secondary N) is 3. The number of rotatable bonds is 7. The maximum Gasteiger partial charge on any atom is 0.251 e. The SMILES string of the molecule is CC(=O)Nc1ccc(C(=O)NCCNS(=O)(=O)c2ccccc2Cl)cc1. The van der Waals surface area contributed by atoms with Crippen LogP contribution in [0.4, 0.5) is 5.69 Å². The van der Waals surface area contributed by atoms with Crippen LogP contribution < -0.4 is 15.4 Å². The van der Waals surface area contributed by atoms with Gasteiger partial charge in [0.15, 0.2) is 0 Å². The number of hydrogen-bond acceptors (Lipinski definition) is 4. The molecule has 0 aliphatic carbocycles. The molecule has 0 aliphatic heterocycles. The molecule has 0 atom stereocenters. The summed E-state index contributed by atoms with van der Waals surface area (Å²) in [5.74, 6) is -0.552. The van der Waals surface area contributed by atoms with E-state index in [4.69, 9.17) is 11.6 Å². The van der Waals surface area contributed by atoms with Gasteiger partial charge in [0, 0.05) is 31.3 Å². The van der Waals surface area contributed by atoms with Gasteiger partial charge in [-0.25, -0.2) is 13.1 Å². The van der Waals surface area contributed by atoms with Crippen molar-refractivity contribution >= 4 is 39.1 Å². The summed E-state index contributed by atoms with van der Waals surface area (Å²) in [7, 11) is -3.74. The Labute approximate surface area is 156 Å². The third-order valence-electron chi connectivity index (χ3n) is 3.30. The molecule has 0 heterocycles. The Morgan fingerprint density at radius 2 is 1.65 bits per heavy atom. The van der Waals surface area contributed by atoms with Gasteiger partial charge in [-0.2, -0.15) is 0 Å². The molecule has 138 valence electrons. The van der Waals surface area contributed by atoms with Crippen molar-refractivity contribution in [2.75, 3.05) is 18.4 Å². The first-order valence-corrected chi connectivity index (χ1v) is 9.56. The van der Waals surface area contributed by atoms with Crippen molar-refractivity contribution in [1.82, 2.24) is 10.0 Å². The topological polar surface area (TPSA) is 104 Å². The summed E-state index contributed by atoms with van der Waals surface area (Å²) in [5.41, 5.74) is 0.981. The van der Waals surface area contributed by atoms with Crippen LogP contribution >= 0.6 is 11.6 Å². The molecule has 2 aromatic rings. The summed E-state index contributed by atoms with van der Waals surface area (Å²) >= 11 is 5.88. The van der Waals surface area contributed by atoms with Gasteiger partial charge in [0.25, 0.3) is 5.91 Å². The third kappa shape index (κ3) is 5.55. The lowest BCUT2D eigenvalue weighted by Gasteiger charge is -2.09. The fourth-order valence-electron chi connectivity index (χ4n) is 2.11. The van der Waals surface area contributed by atoms with E-state index in [1.807, 2.05) is 0 Å². The Kier molecular flexibility index (Phi) is 6.73. The second-order valence-electron chi connectivity index (χ2n) is 5.34. The molecule has 0 unspecified atom stereocenters. The van der Waals surface area contributed by atoms with Crippen molar-refractivity contribution < 1.29 is 18.0 Å².